The molecule has 2 N–H and O–H groups in total. The average molecular weight is 351 g/mol. The molecule has 1 unspecified atom stereocenters. The second-order valence-electron chi connectivity index (χ2n) is 7.39. The van der Waals surface area contributed by atoms with Gasteiger partial charge in [-0.2, -0.15) is 0 Å². The highest BCUT2D eigenvalue weighted by molar-refractivity contribution is 5.70. The van der Waals surface area contributed by atoms with Crippen LogP contribution in [0.3, 0.4) is 0 Å². The normalized spacial score (nSPS) is 21.2. The lowest BCUT2D eigenvalue weighted by Gasteiger charge is -2.31. The van der Waals surface area contributed by atoms with Crippen molar-refractivity contribution in [2.75, 3.05) is 0 Å². The van der Waals surface area contributed by atoms with E-state index in [9.17, 15) is 9.90 Å². The van der Waals surface area contributed by atoms with Crippen molar-refractivity contribution in [1.82, 2.24) is 5.32 Å². The Hall–Kier alpha value is -2.13. The molecule has 2 aromatic rings. The average Bonchev–Trinajstić information content (AvgIpc) is 2.69. The highest BCUT2D eigenvalue weighted by atomic mass is 16.4. The summed E-state index contributed by atoms with van der Waals surface area (Å²) in [6.07, 6.45) is 6.82. The number of rotatable bonds is 8. The van der Waals surface area contributed by atoms with Crippen LogP contribution in [0, 0.1) is 5.92 Å². The number of carboxylic acids is 1. The van der Waals surface area contributed by atoms with E-state index >= 15 is 0 Å². The fourth-order valence-corrected chi connectivity index (χ4v) is 3.98. The molecule has 0 aromatic heterocycles. The van der Waals surface area contributed by atoms with Crippen molar-refractivity contribution in [2.45, 2.75) is 57.0 Å². The van der Waals surface area contributed by atoms with Crippen molar-refractivity contribution in [2.24, 2.45) is 5.92 Å². The Labute approximate surface area is 156 Å². The summed E-state index contributed by atoms with van der Waals surface area (Å²) in [5, 5.41) is 13.0. The van der Waals surface area contributed by atoms with Crippen LogP contribution in [0.15, 0.2) is 60.7 Å². The van der Waals surface area contributed by atoms with Crippen molar-refractivity contribution in [3.63, 3.8) is 0 Å². The van der Waals surface area contributed by atoms with E-state index in [1.165, 1.54) is 11.1 Å². The van der Waals surface area contributed by atoms with Crippen LogP contribution < -0.4 is 5.32 Å². The van der Waals surface area contributed by atoms with Crippen LogP contribution in [0.1, 0.15) is 55.7 Å². The minimum atomic E-state index is -0.633. The van der Waals surface area contributed by atoms with Gasteiger partial charge >= 0.3 is 5.97 Å². The number of hydrogen-bond donors (Lipinski definition) is 2. The number of hydrogen-bond acceptors (Lipinski definition) is 2. The van der Waals surface area contributed by atoms with Crippen LogP contribution in [0.2, 0.25) is 0 Å². The van der Waals surface area contributed by atoms with E-state index in [2.05, 4.69) is 66.0 Å². The molecule has 0 amide bonds. The first-order valence-electron chi connectivity index (χ1n) is 9.80. The zero-order valence-corrected chi connectivity index (χ0v) is 15.3. The van der Waals surface area contributed by atoms with Crippen LogP contribution in [-0.4, -0.2) is 17.1 Å². The highest BCUT2D eigenvalue weighted by Crippen LogP contribution is 2.28. The summed E-state index contributed by atoms with van der Waals surface area (Å²) in [6, 6.07) is 22.1. The maximum absolute atomic E-state index is 11.2. The molecule has 0 bridgehead atoms. The van der Waals surface area contributed by atoms with Gasteiger partial charge in [0.25, 0.3) is 0 Å². The topological polar surface area (TPSA) is 49.3 Å². The molecule has 1 saturated carbocycles. The molecule has 3 heteroatoms. The van der Waals surface area contributed by atoms with Gasteiger partial charge in [-0.3, -0.25) is 4.79 Å². The molecule has 138 valence electrons. The van der Waals surface area contributed by atoms with Crippen LogP contribution in [0.4, 0.5) is 0 Å². The summed E-state index contributed by atoms with van der Waals surface area (Å²) in [4.78, 5) is 11.2. The van der Waals surface area contributed by atoms with E-state index in [1.54, 1.807) is 0 Å². The molecule has 3 rings (SSSR count). The predicted octanol–water partition coefficient (Wildman–Crippen LogP) is 4.98. The van der Waals surface area contributed by atoms with Crippen molar-refractivity contribution in [3.05, 3.63) is 71.8 Å². The molecule has 0 aliphatic heterocycles. The molecule has 2 aromatic carbocycles. The van der Waals surface area contributed by atoms with Gasteiger partial charge in [-0.05, 0) is 56.1 Å². The molecule has 1 aliphatic rings. The summed E-state index contributed by atoms with van der Waals surface area (Å²) in [5.74, 6) is -0.785. The van der Waals surface area contributed by atoms with Crippen molar-refractivity contribution < 1.29 is 9.90 Å². The smallest absolute Gasteiger partial charge is 0.306 e. The molecule has 0 saturated heterocycles. The Morgan fingerprint density at radius 1 is 0.962 bits per heavy atom. The lowest BCUT2D eigenvalue weighted by Crippen LogP contribution is -2.37. The van der Waals surface area contributed by atoms with Gasteiger partial charge in [0.05, 0.1) is 5.92 Å². The number of carboxylic acid groups (broad SMARTS) is 1. The van der Waals surface area contributed by atoms with Crippen LogP contribution in [-0.2, 0) is 11.2 Å². The largest absolute Gasteiger partial charge is 0.481 e. The van der Waals surface area contributed by atoms with Crippen LogP contribution in [0.25, 0.3) is 0 Å². The SMILES string of the molecule is O=C(O)C1CCC(NC(CCCc2ccccc2)c2ccccc2)CC1. The molecular weight excluding hydrogens is 322 g/mol. The third kappa shape index (κ3) is 5.43. The van der Waals surface area contributed by atoms with Crippen molar-refractivity contribution >= 4 is 5.97 Å². The van der Waals surface area contributed by atoms with Crippen molar-refractivity contribution in [3.8, 4) is 0 Å². The third-order valence-corrected chi connectivity index (χ3v) is 5.52. The summed E-state index contributed by atoms with van der Waals surface area (Å²) >= 11 is 0. The molecule has 0 radical (unpaired) electrons. The first-order chi connectivity index (χ1) is 12.7. The van der Waals surface area contributed by atoms with Gasteiger partial charge in [0.2, 0.25) is 0 Å². The minimum absolute atomic E-state index is 0.152. The van der Waals surface area contributed by atoms with Gasteiger partial charge < -0.3 is 10.4 Å². The zero-order chi connectivity index (χ0) is 18.2. The number of carbonyl (C=O) groups is 1. The second kappa shape index (κ2) is 9.54. The first kappa shape index (κ1) is 18.7. The zero-order valence-electron chi connectivity index (χ0n) is 15.3. The Kier molecular flexibility index (Phi) is 6.84. The van der Waals surface area contributed by atoms with E-state index in [0.717, 1.165) is 44.9 Å². The third-order valence-electron chi connectivity index (χ3n) is 5.52. The Morgan fingerprint density at radius 3 is 2.19 bits per heavy atom. The molecule has 0 spiro atoms. The molecule has 1 fully saturated rings. The lowest BCUT2D eigenvalue weighted by molar-refractivity contribution is -0.142. The van der Waals surface area contributed by atoms with Gasteiger partial charge in [-0.25, -0.2) is 0 Å². The molecule has 26 heavy (non-hydrogen) atoms. The molecule has 0 heterocycles. The van der Waals surface area contributed by atoms with E-state index in [4.69, 9.17) is 0 Å². The van der Waals surface area contributed by atoms with Crippen LogP contribution >= 0.6 is 0 Å². The van der Waals surface area contributed by atoms with Gasteiger partial charge in [0.15, 0.2) is 0 Å². The summed E-state index contributed by atoms with van der Waals surface area (Å²) < 4.78 is 0. The Balaban J connectivity index is 1.56. The lowest BCUT2D eigenvalue weighted by atomic mass is 9.85. The molecule has 1 aliphatic carbocycles. The fourth-order valence-electron chi connectivity index (χ4n) is 3.98. The van der Waals surface area contributed by atoms with Crippen LogP contribution in [0.5, 0.6) is 0 Å². The number of nitrogens with one attached hydrogen (secondary N) is 1. The Morgan fingerprint density at radius 2 is 1.58 bits per heavy atom. The van der Waals surface area contributed by atoms with Gasteiger partial charge in [0, 0.05) is 12.1 Å². The summed E-state index contributed by atoms with van der Waals surface area (Å²) in [6.45, 7) is 0. The molecule has 1 atom stereocenters. The van der Waals surface area contributed by atoms with E-state index in [-0.39, 0.29) is 5.92 Å². The molecular formula is C23H29NO2. The Bertz CT molecular complexity index is 663. The number of benzene rings is 2. The first-order valence-corrected chi connectivity index (χ1v) is 9.80. The van der Waals surface area contributed by atoms with Gasteiger partial charge in [0.1, 0.15) is 0 Å². The highest BCUT2D eigenvalue weighted by Gasteiger charge is 2.27. The van der Waals surface area contributed by atoms with E-state index in [0.29, 0.717) is 12.1 Å². The van der Waals surface area contributed by atoms with Crippen molar-refractivity contribution in [1.29, 1.82) is 0 Å². The predicted molar refractivity (Wildman–Crippen MR) is 105 cm³/mol. The maximum atomic E-state index is 11.2. The minimum Gasteiger partial charge on any atom is -0.481 e. The number of aryl methyl sites for hydroxylation is 1. The quantitative estimate of drug-likeness (QED) is 0.705. The standard InChI is InChI=1S/C23H29NO2/c25-23(26)20-14-16-21(17-15-20)24-22(19-11-5-2-6-12-19)13-7-10-18-8-3-1-4-9-18/h1-6,8-9,11-12,20-22,24H,7,10,13-17H2,(H,25,26). The fraction of sp³-hybridized carbons (Fsp3) is 0.435. The van der Waals surface area contributed by atoms with E-state index in [1.807, 2.05) is 0 Å². The van der Waals surface area contributed by atoms with E-state index < -0.39 is 5.97 Å². The maximum Gasteiger partial charge on any atom is 0.306 e. The monoisotopic (exact) mass is 351 g/mol. The van der Waals surface area contributed by atoms with Gasteiger partial charge in [-0.1, -0.05) is 60.7 Å². The summed E-state index contributed by atoms with van der Waals surface area (Å²) in [7, 11) is 0. The second-order valence-corrected chi connectivity index (χ2v) is 7.39. The number of aliphatic carboxylic acids is 1. The summed E-state index contributed by atoms with van der Waals surface area (Å²) in [5.41, 5.74) is 2.72. The molecule has 3 nitrogen and oxygen atoms in total. The van der Waals surface area contributed by atoms with Gasteiger partial charge in [-0.15, -0.1) is 0 Å².